The lowest BCUT2D eigenvalue weighted by atomic mass is 9.92. The number of alkyl halides is 3. The molecule has 2 rings (SSSR count). The van der Waals surface area contributed by atoms with Crippen LogP contribution in [0.4, 0.5) is 30.6 Å². The van der Waals surface area contributed by atoms with E-state index in [1.54, 1.807) is 6.92 Å². The van der Waals surface area contributed by atoms with Gasteiger partial charge in [-0.25, -0.2) is 4.98 Å². The second-order valence-corrected chi connectivity index (χ2v) is 7.73. The summed E-state index contributed by atoms with van der Waals surface area (Å²) in [6.07, 6.45) is -4.05. The van der Waals surface area contributed by atoms with Gasteiger partial charge in [0.1, 0.15) is 5.69 Å². The molecule has 0 spiro atoms. The van der Waals surface area contributed by atoms with Gasteiger partial charge >= 0.3 is 6.18 Å². The minimum absolute atomic E-state index is 0.115. The highest BCUT2D eigenvalue weighted by molar-refractivity contribution is 5.94. The van der Waals surface area contributed by atoms with Gasteiger partial charge in [-0.3, -0.25) is 4.79 Å². The van der Waals surface area contributed by atoms with Crippen molar-refractivity contribution in [2.24, 2.45) is 5.41 Å². The number of rotatable bonds is 5. The highest BCUT2D eigenvalue weighted by Gasteiger charge is 2.29. The van der Waals surface area contributed by atoms with Crippen LogP contribution < -0.4 is 16.4 Å². The van der Waals surface area contributed by atoms with Crippen LogP contribution in [0.15, 0.2) is 24.3 Å². The Morgan fingerprint density at radius 3 is 2.21 bits per heavy atom. The van der Waals surface area contributed by atoms with Crippen LogP contribution in [0.3, 0.4) is 0 Å². The molecule has 0 saturated heterocycles. The van der Waals surface area contributed by atoms with Crippen LogP contribution in [0.25, 0.3) is 0 Å². The first-order valence-corrected chi connectivity index (χ1v) is 8.69. The number of nitrogens with one attached hydrogen (secondary N) is 2. The van der Waals surface area contributed by atoms with Gasteiger partial charge in [-0.1, -0.05) is 32.9 Å². The molecule has 6 nitrogen and oxygen atoms in total. The summed E-state index contributed by atoms with van der Waals surface area (Å²) in [5.41, 5.74) is 6.55. The summed E-state index contributed by atoms with van der Waals surface area (Å²) in [7, 11) is 0. The van der Waals surface area contributed by atoms with E-state index in [9.17, 15) is 18.0 Å². The lowest BCUT2D eigenvalue weighted by Crippen LogP contribution is -2.21. The number of aromatic nitrogens is 2. The zero-order chi connectivity index (χ0) is 21.1. The van der Waals surface area contributed by atoms with E-state index in [2.05, 4.69) is 20.6 Å². The third kappa shape index (κ3) is 6.11. The molecule has 1 heterocycles. The van der Waals surface area contributed by atoms with Crippen molar-refractivity contribution in [3.8, 4) is 0 Å². The van der Waals surface area contributed by atoms with Crippen molar-refractivity contribution in [1.82, 2.24) is 9.97 Å². The van der Waals surface area contributed by atoms with Gasteiger partial charge in [-0.15, -0.1) is 0 Å². The van der Waals surface area contributed by atoms with E-state index in [0.717, 1.165) is 12.1 Å². The number of aryl methyl sites for hydroxylation is 1. The number of hydrogen-bond acceptors (Lipinski definition) is 5. The van der Waals surface area contributed by atoms with Crippen molar-refractivity contribution in [2.75, 3.05) is 16.4 Å². The number of amides is 1. The molecule has 0 radical (unpaired) electrons. The number of carbonyl (C=O) groups is 1. The number of benzene rings is 1. The minimum atomic E-state index is -4.37. The Morgan fingerprint density at radius 2 is 1.71 bits per heavy atom. The molecule has 0 fully saturated rings. The Labute approximate surface area is 161 Å². The van der Waals surface area contributed by atoms with E-state index in [1.165, 1.54) is 12.1 Å². The molecular weight excluding hydrogens is 371 g/mol. The molecule has 0 atom stereocenters. The average molecular weight is 395 g/mol. The summed E-state index contributed by atoms with van der Waals surface area (Å²) >= 11 is 0. The predicted molar refractivity (Wildman–Crippen MR) is 103 cm³/mol. The van der Waals surface area contributed by atoms with Crippen molar-refractivity contribution in [1.29, 1.82) is 0 Å². The van der Waals surface area contributed by atoms with Crippen molar-refractivity contribution >= 4 is 23.4 Å². The topological polar surface area (TPSA) is 92.9 Å². The molecule has 28 heavy (non-hydrogen) atoms. The maximum absolute atomic E-state index is 12.6. The van der Waals surface area contributed by atoms with E-state index in [4.69, 9.17) is 5.73 Å². The van der Waals surface area contributed by atoms with Crippen molar-refractivity contribution < 1.29 is 18.0 Å². The Morgan fingerprint density at radius 1 is 1.11 bits per heavy atom. The van der Waals surface area contributed by atoms with E-state index in [0.29, 0.717) is 23.4 Å². The molecule has 4 N–H and O–H groups in total. The predicted octanol–water partition coefficient (Wildman–Crippen LogP) is 4.37. The number of halogens is 3. The van der Waals surface area contributed by atoms with Gasteiger partial charge in [-0.2, -0.15) is 18.2 Å². The molecule has 0 unspecified atom stereocenters. The highest BCUT2D eigenvalue weighted by atomic mass is 19.4. The highest BCUT2D eigenvalue weighted by Crippen LogP contribution is 2.29. The van der Waals surface area contributed by atoms with Crippen LogP contribution in [-0.4, -0.2) is 15.9 Å². The van der Waals surface area contributed by atoms with Gasteiger partial charge < -0.3 is 16.4 Å². The molecule has 0 aliphatic carbocycles. The molecule has 0 bridgehead atoms. The molecule has 2 aromatic rings. The second-order valence-electron chi connectivity index (χ2n) is 7.73. The van der Waals surface area contributed by atoms with Gasteiger partial charge in [0.15, 0.2) is 5.82 Å². The Kier molecular flexibility index (Phi) is 6.16. The van der Waals surface area contributed by atoms with Crippen molar-refractivity contribution in [3.05, 3.63) is 41.1 Å². The SMILES string of the molecule is Cc1nc(NCc2ccc(C(F)(F)F)cc2)nc(N)c1NC(=O)CC(C)(C)C. The van der Waals surface area contributed by atoms with Crippen LogP contribution in [0, 0.1) is 12.3 Å². The summed E-state index contributed by atoms with van der Waals surface area (Å²) in [4.78, 5) is 20.5. The maximum Gasteiger partial charge on any atom is 0.416 e. The maximum atomic E-state index is 12.6. The number of nitrogen functional groups attached to an aromatic ring is 1. The first kappa shape index (κ1) is 21.5. The summed E-state index contributed by atoms with van der Waals surface area (Å²) in [6, 6.07) is 4.80. The molecule has 1 aromatic heterocycles. The Bertz CT molecular complexity index is 819. The van der Waals surface area contributed by atoms with Gasteiger partial charge in [-0.05, 0) is 30.0 Å². The molecule has 1 amide bonds. The number of nitrogens with two attached hydrogens (primary N) is 1. The fraction of sp³-hybridized carbons (Fsp3) is 0.421. The summed E-state index contributed by atoms with van der Waals surface area (Å²) < 4.78 is 37.8. The number of anilines is 3. The standard InChI is InChI=1S/C19H24F3N5O/c1-11-15(26-14(28)9-18(2,3)4)16(23)27-17(25-11)24-10-12-5-7-13(8-6-12)19(20,21)22/h5-8H,9-10H2,1-4H3,(H,26,28)(H3,23,24,25,27). The lowest BCUT2D eigenvalue weighted by molar-refractivity contribution is -0.137. The van der Waals surface area contributed by atoms with Gasteiger partial charge in [0.25, 0.3) is 0 Å². The summed E-state index contributed by atoms with van der Waals surface area (Å²) in [6.45, 7) is 7.77. The normalized spacial score (nSPS) is 12.0. The zero-order valence-corrected chi connectivity index (χ0v) is 16.2. The monoisotopic (exact) mass is 395 g/mol. The van der Waals surface area contributed by atoms with E-state index in [1.807, 2.05) is 20.8 Å². The van der Waals surface area contributed by atoms with Crippen LogP contribution in [0.5, 0.6) is 0 Å². The smallest absolute Gasteiger partial charge is 0.382 e. The summed E-state index contributed by atoms with van der Waals surface area (Å²) in [5, 5.41) is 5.66. The van der Waals surface area contributed by atoms with Crippen LogP contribution in [0.1, 0.15) is 44.0 Å². The Hall–Kier alpha value is -2.84. The van der Waals surface area contributed by atoms with E-state index >= 15 is 0 Å². The fourth-order valence-electron chi connectivity index (χ4n) is 2.49. The molecule has 0 aliphatic rings. The van der Waals surface area contributed by atoms with Crippen molar-refractivity contribution in [3.63, 3.8) is 0 Å². The van der Waals surface area contributed by atoms with Gasteiger partial charge in [0, 0.05) is 13.0 Å². The first-order chi connectivity index (χ1) is 12.8. The third-order valence-electron chi connectivity index (χ3n) is 3.81. The fourth-order valence-corrected chi connectivity index (χ4v) is 2.49. The molecule has 0 aliphatic heterocycles. The lowest BCUT2D eigenvalue weighted by Gasteiger charge is -2.18. The minimum Gasteiger partial charge on any atom is -0.382 e. The van der Waals surface area contributed by atoms with Crippen LogP contribution in [0.2, 0.25) is 0 Å². The van der Waals surface area contributed by atoms with E-state index in [-0.39, 0.29) is 29.6 Å². The molecule has 9 heteroatoms. The zero-order valence-electron chi connectivity index (χ0n) is 16.2. The average Bonchev–Trinajstić information content (AvgIpc) is 2.54. The van der Waals surface area contributed by atoms with Gasteiger partial charge in [0.2, 0.25) is 11.9 Å². The molecule has 152 valence electrons. The molecule has 0 saturated carbocycles. The van der Waals surface area contributed by atoms with Crippen LogP contribution in [-0.2, 0) is 17.5 Å². The third-order valence-corrected chi connectivity index (χ3v) is 3.81. The van der Waals surface area contributed by atoms with Crippen LogP contribution >= 0.6 is 0 Å². The van der Waals surface area contributed by atoms with E-state index < -0.39 is 11.7 Å². The second kappa shape index (κ2) is 8.04. The number of nitrogens with zero attached hydrogens (tertiary/aromatic N) is 2. The quantitative estimate of drug-likeness (QED) is 0.699. The Balaban J connectivity index is 2.05. The van der Waals surface area contributed by atoms with Gasteiger partial charge in [0.05, 0.1) is 11.3 Å². The number of carbonyl (C=O) groups excluding carboxylic acids is 1. The molecular formula is C19H24F3N5O. The van der Waals surface area contributed by atoms with Crippen molar-refractivity contribution in [2.45, 2.75) is 46.8 Å². The summed E-state index contributed by atoms with van der Waals surface area (Å²) in [5.74, 6) is 0.157. The largest absolute Gasteiger partial charge is 0.416 e. The number of hydrogen-bond donors (Lipinski definition) is 3. The molecule has 1 aromatic carbocycles. The first-order valence-electron chi connectivity index (χ1n) is 8.69.